The normalized spacial score (nSPS) is 15.9. The summed E-state index contributed by atoms with van der Waals surface area (Å²) in [5, 5.41) is 2.76. The van der Waals surface area contributed by atoms with Crippen molar-refractivity contribution in [2.45, 2.75) is 26.3 Å². The predicted octanol–water partition coefficient (Wildman–Crippen LogP) is 2.09. The highest BCUT2D eigenvalue weighted by Crippen LogP contribution is 2.18. The first kappa shape index (κ1) is 14.4. The van der Waals surface area contributed by atoms with Crippen LogP contribution in [-0.2, 0) is 0 Å². The molecule has 0 bridgehead atoms. The number of carbonyl (C=O) groups is 2. The zero-order valence-electron chi connectivity index (χ0n) is 12.2. The summed E-state index contributed by atoms with van der Waals surface area (Å²) in [6.07, 6.45) is 0.925. The lowest BCUT2D eigenvalue weighted by Crippen LogP contribution is -2.34. The minimum atomic E-state index is -0.0826. The number of anilines is 1. The van der Waals surface area contributed by atoms with Crippen molar-refractivity contribution in [3.8, 4) is 0 Å². The van der Waals surface area contributed by atoms with Crippen LogP contribution in [-0.4, -0.2) is 43.0 Å². The number of urea groups is 1. The lowest BCUT2D eigenvalue weighted by atomic mass is 10.1. The van der Waals surface area contributed by atoms with Gasteiger partial charge < -0.3 is 10.2 Å². The van der Waals surface area contributed by atoms with Crippen molar-refractivity contribution < 1.29 is 9.59 Å². The smallest absolute Gasteiger partial charge is 0.321 e. The number of carbonyl (C=O) groups excluding carboxylic acids is 2. The summed E-state index contributed by atoms with van der Waals surface area (Å²) in [4.78, 5) is 27.3. The third-order valence-corrected chi connectivity index (χ3v) is 3.86. The molecule has 1 heterocycles. The number of hydrogen-bond donors (Lipinski definition) is 1. The van der Waals surface area contributed by atoms with E-state index in [4.69, 9.17) is 0 Å². The minimum absolute atomic E-state index is 0.0109. The average Bonchev–Trinajstić information content (AvgIpc) is 2.91. The van der Waals surface area contributed by atoms with E-state index < -0.39 is 0 Å². The van der Waals surface area contributed by atoms with Crippen LogP contribution < -0.4 is 10.2 Å². The summed E-state index contributed by atoms with van der Waals surface area (Å²) < 4.78 is 0. The topological polar surface area (TPSA) is 52.7 Å². The van der Waals surface area contributed by atoms with Crippen LogP contribution in [0.25, 0.3) is 0 Å². The quantitative estimate of drug-likeness (QED) is 0.914. The fourth-order valence-corrected chi connectivity index (χ4v) is 2.18. The second-order valence-electron chi connectivity index (χ2n) is 5.10. The largest absolute Gasteiger partial charge is 0.339 e. The SMILES string of the molecule is CCC(C)N(C)C(=O)c1ccc(N2CCNC2=O)cc1. The van der Waals surface area contributed by atoms with Gasteiger partial charge in [-0.05, 0) is 37.6 Å². The molecule has 0 aromatic heterocycles. The predicted molar refractivity (Wildman–Crippen MR) is 79.0 cm³/mol. The molecule has 1 aromatic rings. The van der Waals surface area contributed by atoms with E-state index in [1.807, 2.05) is 26.1 Å². The van der Waals surface area contributed by atoms with Crippen molar-refractivity contribution in [3.63, 3.8) is 0 Å². The van der Waals surface area contributed by atoms with Crippen molar-refractivity contribution in [1.29, 1.82) is 0 Å². The van der Waals surface area contributed by atoms with Gasteiger partial charge in [-0.25, -0.2) is 4.79 Å². The summed E-state index contributed by atoms with van der Waals surface area (Å²) >= 11 is 0. The van der Waals surface area contributed by atoms with Crippen LogP contribution in [0.4, 0.5) is 10.5 Å². The molecule has 1 atom stereocenters. The van der Waals surface area contributed by atoms with Gasteiger partial charge >= 0.3 is 6.03 Å². The van der Waals surface area contributed by atoms with Crippen molar-refractivity contribution >= 4 is 17.6 Å². The molecular formula is C15H21N3O2. The van der Waals surface area contributed by atoms with E-state index in [0.717, 1.165) is 12.1 Å². The first-order valence-electron chi connectivity index (χ1n) is 6.97. The van der Waals surface area contributed by atoms with Crippen molar-refractivity contribution in [2.24, 2.45) is 0 Å². The summed E-state index contributed by atoms with van der Waals surface area (Å²) in [7, 11) is 1.82. The van der Waals surface area contributed by atoms with E-state index in [1.165, 1.54) is 0 Å². The van der Waals surface area contributed by atoms with E-state index in [9.17, 15) is 9.59 Å². The van der Waals surface area contributed by atoms with Gasteiger partial charge in [0, 0.05) is 37.4 Å². The first-order valence-corrected chi connectivity index (χ1v) is 6.97. The molecule has 0 radical (unpaired) electrons. The Balaban J connectivity index is 2.12. The van der Waals surface area contributed by atoms with E-state index in [1.54, 1.807) is 21.9 Å². The number of amides is 3. The highest BCUT2D eigenvalue weighted by atomic mass is 16.2. The highest BCUT2D eigenvalue weighted by molar-refractivity contribution is 5.97. The molecule has 108 valence electrons. The molecule has 0 spiro atoms. The van der Waals surface area contributed by atoms with E-state index in [-0.39, 0.29) is 18.0 Å². The highest BCUT2D eigenvalue weighted by Gasteiger charge is 2.22. The summed E-state index contributed by atoms with van der Waals surface area (Å²) in [6.45, 7) is 5.42. The van der Waals surface area contributed by atoms with Crippen LogP contribution in [0, 0.1) is 0 Å². The van der Waals surface area contributed by atoms with Gasteiger partial charge in [-0.15, -0.1) is 0 Å². The standard InChI is InChI=1S/C15H21N3O2/c1-4-11(2)17(3)14(19)12-5-7-13(8-6-12)18-10-9-16-15(18)20/h5-8,11H,4,9-10H2,1-3H3,(H,16,20). The van der Waals surface area contributed by atoms with Gasteiger partial charge in [0.1, 0.15) is 0 Å². The Hall–Kier alpha value is -2.04. The number of rotatable bonds is 4. The van der Waals surface area contributed by atoms with Crippen molar-refractivity contribution in [1.82, 2.24) is 10.2 Å². The van der Waals surface area contributed by atoms with Crippen LogP contribution in [0.3, 0.4) is 0 Å². The number of nitrogens with zero attached hydrogens (tertiary/aromatic N) is 2. The van der Waals surface area contributed by atoms with Gasteiger partial charge in [-0.2, -0.15) is 0 Å². The van der Waals surface area contributed by atoms with Crippen molar-refractivity contribution in [3.05, 3.63) is 29.8 Å². The molecule has 5 nitrogen and oxygen atoms in total. The molecule has 1 fully saturated rings. The molecule has 0 saturated carbocycles. The second kappa shape index (κ2) is 5.94. The van der Waals surface area contributed by atoms with Crippen LogP contribution >= 0.6 is 0 Å². The number of hydrogen-bond acceptors (Lipinski definition) is 2. The maximum Gasteiger partial charge on any atom is 0.321 e. The zero-order chi connectivity index (χ0) is 14.7. The molecule has 1 saturated heterocycles. The molecular weight excluding hydrogens is 254 g/mol. The van der Waals surface area contributed by atoms with Crippen molar-refractivity contribution in [2.75, 3.05) is 25.0 Å². The monoisotopic (exact) mass is 275 g/mol. The molecule has 1 aliphatic rings. The minimum Gasteiger partial charge on any atom is -0.339 e. The van der Waals surface area contributed by atoms with E-state index in [0.29, 0.717) is 18.7 Å². The Kier molecular flexibility index (Phi) is 4.27. The Bertz CT molecular complexity index is 498. The maximum atomic E-state index is 12.3. The Morgan fingerprint density at radius 2 is 2.05 bits per heavy atom. The lowest BCUT2D eigenvalue weighted by molar-refractivity contribution is 0.0740. The van der Waals surface area contributed by atoms with Gasteiger partial charge in [0.2, 0.25) is 0 Å². The summed E-state index contributed by atoms with van der Waals surface area (Å²) in [5.74, 6) is 0.0109. The van der Waals surface area contributed by atoms with Gasteiger partial charge in [0.05, 0.1) is 0 Å². The Morgan fingerprint density at radius 3 is 2.55 bits per heavy atom. The summed E-state index contributed by atoms with van der Waals surface area (Å²) in [5.41, 5.74) is 1.47. The van der Waals surface area contributed by atoms with Crippen LogP contribution in [0.2, 0.25) is 0 Å². The first-order chi connectivity index (χ1) is 9.54. The molecule has 0 aliphatic carbocycles. The van der Waals surface area contributed by atoms with Gasteiger partial charge in [0.25, 0.3) is 5.91 Å². The third kappa shape index (κ3) is 2.76. The molecule has 20 heavy (non-hydrogen) atoms. The molecule has 1 aromatic carbocycles. The zero-order valence-corrected chi connectivity index (χ0v) is 12.2. The fraction of sp³-hybridized carbons (Fsp3) is 0.467. The molecule has 1 N–H and O–H groups in total. The van der Waals surface area contributed by atoms with E-state index >= 15 is 0 Å². The number of nitrogens with one attached hydrogen (secondary N) is 1. The lowest BCUT2D eigenvalue weighted by Gasteiger charge is -2.24. The van der Waals surface area contributed by atoms with Gasteiger partial charge in [0.15, 0.2) is 0 Å². The molecule has 1 aliphatic heterocycles. The van der Waals surface area contributed by atoms with Gasteiger partial charge in [-0.3, -0.25) is 9.69 Å². The Morgan fingerprint density at radius 1 is 1.40 bits per heavy atom. The second-order valence-corrected chi connectivity index (χ2v) is 5.10. The van der Waals surface area contributed by atoms with Crippen LogP contribution in [0.5, 0.6) is 0 Å². The maximum absolute atomic E-state index is 12.3. The molecule has 5 heteroatoms. The van der Waals surface area contributed by atoms with Crippen LogP contribution in [0.1, 0.15) is 30.6 Å². The van der Waals surface area contributed by atoms with Gasteiger partial charge in [-0.1, -0.05) is 6.92 Å². The Labute approximate surface area is 119 Å². The molecule has 3 amide bonds. The number of benzene rings is 1. The van der Waals surface area contributed by atoms with Crippen LogP contribution in [0.15, 0.2) is 24.3 Å². The average molecular weight is 275 g/mol. The third-order valence-electron chi connectivity index (χ3n) is 3.86. The summed E-state index contributed by atoms with van der Waals surface area (Å²) in [6, 6.07) is 7.34. The molecule has 1 unspecified atom stereocenters. The fourth-order valence-electron chi connectivity index (χ4n) is 2.18. The molecule has 2 rings (SSSR count). The van der Waals surface area contributed by atoms with E-state index in [2.05, 4.69) is 12.2 Å².